The van der Waals surface area contributed by atoms with Gasteiger partial charge in [0.25, 0.3) is 0 Å². The summed E-state index contributed by atoms with van der Waals surface area (Å²) in [4.78, 5) is 14.1. The highest BCUT2D eigenvalue weighted by atomic mass is 16.5. The van der Waals surface area contributed by atoms with Crippen LogP contribution in [0.15, 0.2) is 24.3 Å². The molecule has 1 saturated heterocycles. The second-order valence-electron chi connectivity index (χ2n) is 4.66. The van der Waals surface area contributed by atoms with Crippen molar-refractivity contribution in [2.75, 3.05) is 32.1 Å². The van der Waals surface area contributed by atoms with Crippen molar-refractivity contribution in [2.45, 2.75) is 19.4 Å². The van der Waals surface area contributed by atoms with E-state index in [1.807, 2.05) is 25.1 Å². The molecular weight excluding hydrogens is 228 g/mol. The lowest BCUT2D eigenvalue weighted by Gasteiger charge is -2.16. The highest BCUT2D eigenvalue weighted by molar-refractivity contribution is 5.95. The van der Waals surface area contributed by atoms with Gasteiger partial charge in [0.2, 0.25) is 0 Å². The van der Waals surface area contributed by atoms with Crippen molar-refractivity contribution in [1.82, 2.24) is 4.90 Å². The van der Waals surface area contributed by atoms with Gasteiger partial charge in [-0.05, 0) is 39.1 Å². The zero-order valence-electron chi connectivity index (χ0n) is 11.0. The lowest BCUT2D eigenvalue weighted by molar-refractivity contribution is 0.0527. The number of ether oxygens (including phenoxy) is 1. The van der Waals surface area contributed by atoms with Crippen LogP contribution < -0.4 is 5.32 Å². The zero-order valence-corrected chi connectivity index (χ0v) is 11.0. The topological polar surface area (TPSA) is 41.6 Å². The molecule has 1 unspecified atom stereocenters. The van der Waals surface area contributed by atoms with Crippen LogP contribution in [0.5, 0.6) is 0 Å². The van der Waals surface area contributed by atoms with Crippen LogP contribution in [0.3, 0.4) is 0 Å². The molecule has 0 aromatic heterocycles. The number of hydrogen-bond acceptors (Lipinski definition) is 4. The molecule has 98 valence electrons. The molecule has 0 radical (unpaired) electrons. The van der Waals surface area contributed by atoms with Gasteiger partial charge in [0.15, 0.2) is 0 Å². The van der Waals surface area contributed by atoms with Gasteiger partial charge in [-0.25, -0.2) is 4.79 Å². The molecule has 0 spiro atoms. The second-order valence-corrected chi connectivity index (χ2v) is 4.66. The van der Waals surface area contributed by atoms with Crippen LogP contribution in [0.2, 0.25) is 0 Å². The highest BCUT2D eigenvalue weighted by Gasteiger charge is 2.21. The van der Waals surface area contributed by atoms with E-state index in [4.69, 9.17) is 4.74 Å². The first-order valence-electron chi connectivity index (χ1n) is 6.42. The SMILES string of the molecule is CCOC(=O)c1ccccc1NC1CCN(C)C1. The van der Waals surface area contributed by atoms with E-state index in [-0.39, 0.29) is 5.97 Å². The molecule has 1 fully saturated rings. The highest BCUT2D eigenvalue weighted by Crippen LogP contribution is 2.20. The van der Waals surface area contributed by atoms with Gasteiger partial charge in [-0.1, -0.05) is 12.1 Å². The summed E-state index contributed by atoms with van der Waals surface area (Å²) in [5, 5.41) is 3.44. The number of carbonyl (C=O) groups is 1. The van der Waals surface area contributed by atoms with E-state index in [2.05, 4.69) is 17.3 Å². The van der Waals surface area contributed by atoms with Gasteiger partial charge < -0.3 is 15.0 Å². The molecule has 1 aliphatic heterocycles. The number of rotatable bonds is 4. The fourth-order valence-electron chi connectivity index (χ4n) is 2.27. The summed E-state index contributed by atoms with van der Waals surface area (Å²) in [5.41, 5.74) is 1.49. The summed E-state index contributed by atoms with van der Waals surface area (Å²) >= 11 is 0. The third-order valence-corrected chi connectivity index (χ3v) is 3.17. The van der Waals surface area contributed by atoms with Crippen LogP contribution in [0.1, 0.15) is 23.7 Å². The predicted molar refractivity (Wildman–Crippen MR) is 71.9 cm³/mol. The lowest BCUT2D eigenvalue weighted by Crippen LogP contribution is -2.24. The van der Waals surface area contributed by atoms with Crippen molar-refractivity contribution < 1.29 is 9.53 Å². The predicted octanol–water partition coefficient (Wildman–Crippen LogP) is 1.98. The molecule has 1 heterocycles. The number of anilines is 1. The molecule has 1 atom stereocenters. The zero-order chi connectivity index (χ0) is 13.0. The molecule has 1 aromatic carbocycles. The first kappa shape index (κ1) is 12.9. The molecule has 0 aliphatic carbocycles. The number of carbonyl (C=O) groups excluding carboxylic acids is 1. The Balaban J connectivity index is 2.10. The van der Waals surface area contributed by atoms with Gasteiger partial charge in [0.05, 0.1) is 12.2 Å². The molecular formula is C14H20N2O2. The minimum absolute atomic E-state index is 0.257. The fraction of sp³-hybridized carbons (Fsp3) is 0.500. The van der Waals surface area contributed by atoms with E-state index in [9.17, 15) is 4.79 Å². The third kappa shape index (κ3) is 3.01. The number of para-hydroxylation sites is 1. The largest absolute Gasteiger partial charge is 0.462 e. The quantitative estimate of drug-likeness (QED) is 0.827. The van der Waals surface area contributed by atoms with Gasteiger partial charge in [-0.15, -0.1) is 0 Å². The van der Waals surface area contributed by atoms with E-state index >= 15 is 0 Å². The molecule has 4 nitrogen and oxygen atoms in total. The molecule has 2 rings (SSSR count). The van der Waals surface area contributed by atoms with Gasteiger partial charge in [0, 0.05) is 18.3 Å². The smallest absolute Gasteiger partial charge is 0.340 e. The fourth-order valence-corrected chi connectivity index (χ4v) is 2.27. The summed E-state index contributed by atoms with van der Waals surface area (Å²) < 4.78 is 5.06. The van der Waals surface area contributed by atoms with E-state index in [0.29, 0.717) is 18.2 Å². The minimum Gasteiger partial charge on any atom is -0.462 e. The Hall–Kier alpha value is -1.55. The average molecular weight is 248 g/mol. The van der Waals surface area contributed by atoms with Crippen molar-refractivity contribution in [3.63, 3.8) is 0 Å². The van der Waals surface area contributed by atoms with Gasteiger partial charge >= 0.3 is 5.97 Å². The Morgan fingerprint density at radius 3 is 2.94 bits per heavy atom. The maximum absolute atomic E-state index is 11.8. The van der Waals surface area contributed by atoms with Crippen LogP contribution in [0, 0.1) is 0 Å². The second kappa shape index (κ2) is 5.87. The molecule has 1 aliphatic rings. The third-order valence-electron chi connectivity index (χ3n) is 3.17. The van der Waals surface area contributed by atoms with Crippen LogP contribution in [-0.4, -0.2) is 43.7 Å². The van der Waals surface area contributed by atoms with Crippen LogP contribution in [0.25, 0.3) is 0 Å². The molecule has 4 heteroatoms. The van der Waals surface area contributed by atoms with Crippen molar-refractivity contribution in [3.8, 4) is 0 Å². The van der Waals surface area contributed by atoms with E-state index in [1.54, 1.807) is 6.07 Å². The number of nitrogens with zero attached hydrogens (tertiary/aromatic N) is 1. The summed E-state index contributed by atoms with van der Waals surface area (Å²) in [6, 6.07) is 7.94. The Kier molecular flexibility index (Phi) is 4.20. The maximum atomic E-state index is 11.8. The van der Waals surface area contributed by atoms with Gasteiger partial charge in [-0.2, -0.15) is 0 Å². The van der Waals surface area contributed by atoms with Crippen LogP contribution >= 0.6 is 0 Å². The first-order valence-corrected chi connectivity index (χ1v) is 6.42. The molecule has 18 heavy (non-hydrogen) atoms. The molecule has 0 bridgehead atoms. The number of esters is 1. The van der Waals surface area contributed by atoms with Crippen molar-refractivity contribution in [3.05, 3.63) is 29.8 Å². The Bertz CT molecular complexity index is 420. The van der Waals surface area contributed by atoms with E-state index in [1.165, 1.54) is 0 Å². The lowest BCUT2D eigenvalue weighted by atomic mass is 10.1. The molecule has 1 N–H and O–H groups in total. The van der Waals surface area contributed by atoms with Crippen LogP contribution in [0.4, 0.5) is 5.69 Å². The summed E-state index contributed by atoms with van der Waals surface area (Å²) in [6.07, 6.45) is 1.10. The average Bonchev–Trinajstić information content (AvgIpc) is 2.76. The molecule has 0 amide bonds. The summed E-state index contributed by atoms with van der Waals surface area (Å²) in [7, 11) is 2.11. The minimum atomic E-state index is -0.257. The number of likely N-dealkylation sites (N-methyl/N-ethyl adjacent to an activating group) is 1. The van der Waals surface area contributed by atoms with E-state index in [0.717, 1.165) is 25.2 Å². The number of nitrogens with one attached hydrogen (secondary N) is 1. The Labute approximate surface area is 108 Å². The standard InChI is InChI=1S/C14H20N2O2/c1-3-18-14(17)12-6-4-5-7-13(12)15-11-8-9-16(2)10-11/h4-7,11,15H,3,8-10H2,1-2H3. The number of likely N-dealkylation sites (tertiary alicyclic amines) is 1. The first-order chi connectivity index (χ1) is 8.70. The van der Waals surface area contributed by atoms with Crippen molar-refractivity contribution in [2.24, 2.45) is 0 Å². The molecule has 1 aromatic rings. The Morgan fingerprint density at radius 2 is 2.28 bits per heavy atom. The monoisotopic (exact) mass is 248 g/mol. The Morgan fingerprint density at radius 1 is 1.50 bits per heavy atom. The maximum Gasteiger partial charge on any atom is 0.340 e. The van der Waals surface area contributed by atoms with Crippen molar-refractivity contribution in [1.29, 1.82) is 0 Å². The summed E-state index contributed by atoms with van der Waals surface area (Å²) in [6.45, 7) is 4.33. The van der Waals surface area contributed by atoms with Gasteiger partial charge in [0.1, 0.15) is 0 Å². The number of hydrogen-bond donors (Lipinski definition) is 1. The number of benzene rings is 1. The van der Waals surface area contributed by atoms with Crippen LogP contribution in [-0.2, 0) is 4.74 Å². The normalized spacial score (nSPS) is 19.8. The van der Waals surface area contributed by atoms with Gasteiger partial charge in [-0.3, -0.25) is 0 Å². The van der Waals surface area contributed by atoms with Crippen molar-refractivity contribution >= 4 is 11.7 Å². The van der Waals surface area contributed by atoms with E-state index < -0.39 is 0 Å². The summed E-state index contributed by atoms with van der Waals surface area (Å²) in [5.74, 6) is -0.257. The molecule has 0 saturated carbocycles.